The number of nitrogens with one attached hydrogen (secondary N) is 2. The highest BCUT2D eigenvalue weighted by Gasteiger charge is 2.31. The molecular formula is C15H13F3N4S. The van der Waals surface area contributed by atoms with E-state index in [0.717, 1.165) is 33.7 Å². The van der Waals surface area contributed by atoms with Gasteiger partial charge in [0, 0.05) is 22.7 Å². The first kappa shape index (κ1) is 15.5. The molecule has 0 aliphatic carbocycles. The molecule has 0 saturated heterocycles. The lowest BCUT2D eigenvalue weighted by atomic mass is 10.2. The van der Waals surface area contributed by atoms with Gasteiger partial charge in [-0.1, -0.05) is 12.1 Å². The topological polar surface area (TPSA) is 49.8 Å². The quantitative estimate of drug-likeness (QED) is 0.742. The van der Waals surface area contributed by atoms with Crippen molar-refractivity contribution in [1.82, 2.24) is 9.97 Å². The lowest BCUT2D eigenvalue weighted by Gasteiger charge is -2.09. The highest BCUT2D eigenvalue weighted by atomic mass is 32.1. The lowest BCUT2D eigenvalue weighted by Crippen LogP contribution is -2.06. The number of thiophene rings is 1. The number of fused-ring (bicyclic) bond motifs is 1. The first-order valence-corrected chi connectivity index (χ1v) is 7.68. The Morgan fingerprint density at radius 2 is 1.96 bits per heavy atom. The van der Waals surface area contributed by atoms with E-state index in [1.54, 1.807) is 7.05 Å². The average Bonchev–Trinajstić information content (AvgIpc) is 3.01. The Morgan fingerprint density at radius 3 is 2.65 bits per heavy atom. The van der Waals surface area contributed by atoms with Crippen LogP contribution in [0.2, 0.25) is 0 Å². The molecule has 0 bridgehead atoms. The number of para-hydroxylation sites is 1. The zero-order chi connectivity index (χ0) is 16.4. The van der Waals surface area contributed by atoms with Crippen LogP contribution < -0.4 is 10.6 Å². The van der Waals surface area contributed by atoms with E-state index in [0.29, 0.717) is 16.6 Å². The van der Waals surface area contributed by atoms with E-state index < -0.39 is 11.7 Å². The van der Waals surface area contributed by atoms with Crippen LogP contribution in [0, 0.1) is 0 Å². The van der Waals surface area contributed by atoms with Gasteiger partial charge in [0.1, 0.15) is 5.82 Å². The van der Waals surface area contributed by atoms with Crippen LogP contribution >= 0.6 is 11.3 Å². The molecular weight excluding hydrogens is 325 g/mol. The average molecular weight is 338 g/mol. The Balaban J connectivity index is 1.80. The first-order valence-electron chi connectivity index (χ1n) is 6.80. The Hall–Kier alpha value is -2.35. The molecule has 0 unspecified atom stereocenters. The van der Waals surface area contributed by atoms with Gasteiger partial charge in [-0.15, -0.1) is 11.3 Å². The van der Waals surface area contributed by atoms with Crippen LogP contribution in [0.15, 0.2) is 35.7 Å². The highest BCUT2D eigenvalue weighted by molar-refractivity contribution is 7.10. The van der Waals surface area contributed by atoms with E-state index in [2.05, 4.69) is 20.6 Å². The molecule has 2 heterocycles. The lowest BCUT2D eigenvalue weighted by molar-refractivity contribution is -0.137. The van der Waals surface area contributed by atoms with Gasteiger partial charge in [-0.25, -0.2) is 4.98 Å². The first-order chi connectivity index (χ1) is 11.0. The summed E-state index contributed by atoms with van der Waals surface area (Å²) in [5.41, 5.74) is 0.131. The van der Waals surface area contributed by atoms with Crippen molar-refractivity contribution in [2.45, 2.75) is 12.7 Å². The molecule has 23 heavy (non-hydrogen) atoms. The number of alkyl halides is 3. The van der Waals surface area contributed by atoms with Crippen LogP contribution in [0.25, 0.3) is 10.9 Å². The van der Waals surface area contributed by atoms with Gasteiger partial charge in [-0.3, -0.25) is 0 Å². The zero-order valence-corrected chi connectivity index (χ0v) is 12.9. The van der Waals surface area contributed by atoms with E-state index in [4.69, 9.17) is 0 Å². The minimum atomic E-state index is -4.31. The minimum absolute atomic E-state index is 0.238. The summed E-state index contributed by atoms with van der Waals surface area (Å²) in [6.07, 6.45) is -4.31. The maximum Gasteiger partial charge on any atom is 0.417 e. The van der Waals surface area contributed by atoms with E-state index in [1.165, 1.54) is 0 Å². The van der Waals surface area contributed by atoms with Crippen LogP contribution in [-0.2, 0) is 12.7 Å². The summed E-state index contributed by atoms with van der Waals surface area (Å²) in [5, 5.41) is 7.96. The zero-order valence-electron chi connectivity index (χ0n) is 12.1. The van der Waals surface area contributed by atoms with E-state index in [-0.39, 0.29) is 6.54 Å². The van der Waals surface area contributed by atoms with Gasteiger partial charge in [0.15, 0.2) is 0 Å². The third-order valence-corrected chi connectivity index (χ3v) is 4.18. The second-order valence-corrected chi connectivity index (χ2v) is 5.81. The van der Waals surface area contributed by atoms with Crippen molar-refractivity contribution in [1.29, 1.82) is 0 Å². The van der Waals surface area contributed by atoms with Crippen LogP contribution in [0.5, 0.6) is 0 Å². The van der Waals surface area contributed by atoms with E-state index in [1.807, 2.05) is 24.3 Å². The summed E-state index contributed by atoms with van der Waals surface area (Å²) in [4.78, 5) is 9.28. The number of anilines is 2. The summed E-state index contributed by atoms with van der Waals surface area (Å²) in [6.45, 7) is 0.238. The monoisotopic (exact) mass is 338 g/mol. The van der Waals surface area contributed by atoms with Crippen molar-refractivity contribution in [3.8, 4) is 0 Å². The number of aromatic nitrogens is 2. The summed E-state index contributed by atoms with van der Waals surface area (Å²) in [5.74, 6) is 1.04. The van der Waals surface area contributed by atoms with Crippen molar-refractivity contribution in [2.24, 2.45) is 0 Å². The van der Waals surface area contributed by atoms with Crippen LogP contribution in [0.4, 0.5) is 24.9 Å². The molecule has 120 valence electrons. The Morgan fingerprint density at radius 1 is 1.17 bits per heavy atom. The smallest absolute Gasteiger partial charge is 0.372 e. The molecule has 3 rings (SSSR count). The Bertz CT molecular complexity index is 829. The van der Waals surface area contributed by atoms with Crippen LogP contribution in [0.3, 0.4) is 0 Å². The molecule has 1 aromatic carbocycles. The van der Waals surface area contributed by atoms with Crippen molar-refractivity contribution in [2.75, 3.05) is 17.7 Å². The SMILES string of the molecule is CNc1nc(NCc2cc(C(F)(F)F)cs2)nc2ccccc12. The molecule has 0 aliphatic rings. The minimum Gasteiger partial charge on any atom is -0.372 e. The van der Waals surface area contributed by atoms with Crippen molar-refractivity contribution in [3.05, 3.63) is 46.2 Å². The third kappa shape index (κ3) is 3.37. The molecule has 0 atom stereocenters. The molecule has 0 fully saturated rings. The summed E-state index contributed by atoms with van der Waals surface area (Å²) in [6, 6.07) is 8.66. The Labute approximate surface area is 134 Å². The van der Waals surface area contributed by atoms with E-state index >= 15 is 0 Å². The van der Waals surface area contributed by atoms with Crippen LogP contribution in [0.1, 0.15) is 10.4 Å². The van der Waals surface area contributed by atoms with Crippen molar-refractivity contribution < 1.29 is 13.2 Å². The summed E-state index contributed by atoms with van der Waals surface area (Å²) >= 11 is 1.06. The van der Waals surface area contributed by atoms with Gasteiger partial charge in [-0.2, -0.15) is 18.2 Å². The molecule has 0 spiro atoms. The molecule has 0 radical (unpaired) electrons. The molecule has 0 amide bonds. The fourth-order valence-corrected chi connectivity index (χ4v) is 2.96. The number of rotatable bonds is 4. The number of hydrogen-bond acceptors (Lipinski definition) is 5. The number of nitrogens with zero attached hydrogens (tertiary/aromatic N) is 2. The summed E-state index contributed by atoms with van der Waals surface area (Å²) < 4.78 is 37.8. The fourth-order valence-electron chi connectivity index (χ4n) is 2.13. The largest absolute Gasteiger partial charge is 0.417 e. The van der Waals surface area contributed by atoms with Gasteiger partial charge >= 0.3 is 6.18 Å². The predicted octanol–water partition coefficient (Wildman–Crippen LogP) is 4.36. The van der Waals surface area contributed by atoms with E-state index in [9.17, 15) is 13.2 Å². The second-order valence-electron chi connectivity index (χ2n) is 4.82. The van der Waals surface area contributed by atoms with Gasteiger partial charge in [0.05, 0.1) is 17.6 Å². The fraction of sp³-hybridized carbons (Fsp3) is 0.200. The number of benzene rings is 1. The highest BCUT2D eigenvalue weighted by Crippen LogP contribution is 2.32. The van der Waals surface area contributed by atoms with Gasteiger partial charge in [-0.05, 0) is 18.2 Å². The number of hydrogen-bond donors (Lipinski definition) is 2. The normalized spacial score (nSPS) is 11.7. The maximum absolute atomic E-state index is 12.6. The Kier molecular flexibility index (Phi) is 4.08. The summed E-state index contributed by atoms with van der Waals surface area (Å²) in [7, 11) is 1.76. The molecule has 2 aromatic heterocycles. The van der Waals surface area contributed by atoms with Gasteiger partial charge < -0.3 is 10.6 Å². The molecule has 0 saturated carbocycles. The molecule has 4 nitrogen and oxygen atoms in total. The molecule has 8 heteroatoms. The van der Waals surface area contributed by atoms with Gasteiger partial charge in [0.25, 0.3) is 0 Å². The van der Waals surface area contributed by atoms with Crippen LogP contribution in [-0.4, -0.2) is 17.0 Å². The molecule has 2 N–H and O–H groups in total. The van der Waals surface area contributed by atoms with Crippen molar-refractivity contribution >= 4 is 34.0 Å². The molecule has 0 aliphatic heterocycles. The number of halogens is 3. The molecule has 3 aromatic rings. The third-order valence-electron chi connectivity index (χ3n) is 3.24. The predicted molar refractivity (Wildman–Crippen MR) is 85.7 cm³/mol. The maximum atomic E-state index is 12.6. The second kappa shape index (κ2) is 6.04. The van der Waals surface area contributed by atoms with Crippen molar-refractivity contribution in [3.63, 3.8) is 0 Å². The standard InChI is InChI=1S/C15H13F3N4S/c1-19-13-11-4-2-3-5-12(11)21-14(22-13)20-7-10-6-9(8-23-10)15(16,17)18/h2-6,8H,7H2,1H3,(H2,19,20,21,22). The van der Waals surface area contributed by atoms with Gasteiger partial charge in [0.2, 0.25) is 5.95 Å².